The van der Waals surface area contributed by atoms with Crippen LogP contribution in [0.4, 0.5) is 0 Å². The van der Waals surface area contributed by atoms with Crippen LogP contribution < -0.4 is 0 Å². The Hall–Kier alpha value is -2.46. The van der Waals surface area contributed by atoms with Crippen molar-refractivity contribution >= 4 is 7.28 Å². The highest BCUT2D eigenvalue weighted by atomic mass is 14.1. The topological polar surface area (TPSA) is 0 Å². The van der Waals surface area contributed by atoms with Crippen LogP contribution in [0.2, 0.25) is 5.82 Å². The Kier molecular flexibility index (Phi) is 11.5. The zero-order valence-electron chi connectivity index (χ0n) is 17.3. The third-order valence-corrected chi connectivity index (χ3v) is 4.02. The first-order valence-electron chi connectivity index (χ1n) is 9.83. The van der Waals surface area contributed by atoms with Gasteiger partial charge in [-0.3, -0.25) is 0 Å². The minimum absolute atomic E-state index is 0.312. The molecular weight excluding hydrogens is 323 g/mol. The third kappa shape index (κ3) is 8.65. The van der Waals surface area contributed by atoms with Gasteiger partial charge in [0.05, 0.1) is 0 Å². The van der Waals surface area contributed by atoms with Gasteiger partial charge in [0.2, 0.25) is 0 Å². The number of allylic oxidation sites excluding steroid dienone is 14. The van der Waals surface area contributed by atoms with E-state index in [1.165, 1.54) is 12.0 Å². The van der Waals surface area contributed by atoms with Crippen LogP contribution in [0.1, 0.15) is 40.5 Å². The van der Waals surface area contributed by atoms with Gasteiger partial charge in [0.25, 0.3) is 0 Å². The highest BCUT2D eigenvalue weighted by Crippen LogP contribution is 2.32. The lowest BCUT2D eigenvalue weighted by Crippen LogP contribution is -2.11. The van der Waals surface area contributed by atoms with Gasteiger partial charge >= 0.3 is 0 Å². The molecular formula is C26H32B. The van der Waals surface area contributed by atoms with E-state index in [1.54, 1.807) is 0 Å². The van der Waals surface area contributed by atoms with Crippen molar-refractivity contribution in [2.24, 2.45) is 5.92 Å². The Balaban J connectivity index is 3.25. The van der Waals surface area contributed by atoms with Crippen molar-refractivity contribution in [3.8, 4) is 11.8 Å². The molecule has 0 aromatic heterocycles. The maximum absolute atomic E-state index is 4.05. The lowest BCUT2D eigenvalue weighted by atomic mass is 9.52. The minimum Gasteiger partial charge on any atom is -0.125 e. The number of hydrogen-bond acceptors (Lipinski definition) is 0. The van der Waals surface area contributed by atoms with E-state index in [9.17, 15) is 0 Å². The van der Waals surface area contributed by atoms with Crippen molar-refractivity contribution in [3.63, 3.8) is 0 Å². The fourth-order valence-electron chi connectivity index (χ4n) is 2.53. The second kappa shape index (κ2) is 13.7. The van der Waals surface area contributed by atoms with Crippen LogP contribution in [-0.4, -0.2) is 7.28 Å². The molecule has 0 nitrogen and oxygen atoms in total. The van der Waals surface area contributed by atoms with Crippen LogP contribution in [0.5, 0.6) is 0 Å². The Labute approximate surface area is 167 Å². The third-order valence-electron chi connectivity index (χ3n) is 4.02. The van der Waals surface area contributed by atoms with Gasteiger partial charge in [0, 0.05) is 5.57 Å². The van der Waals surface area contributed by atoms with Crippen LogP contribution in [0.25, 0.3) is 0 Å². The summed E-state index contributed by atoms with van der Waals surface area (Å²) in [5.41, 5.74) is 3.33. The van der Waals surface area contributed by atoms with Crippen molar-refractivity contribution in [2.45, 2.75) is 46.4 Å². The molecule has 1 heterocycles. The molecule has 0 aromatic carbocycles. The highest BCUT2D eigenvalue weighted by Gasteiger charge is 2.18. The first-order chi connectivity index (χ1) is 13.1. The van der Waals surface area contributed by atoms with Crippen molar-refractivity contribution in [1.29, 1.82) is 0 Å². The summed E-state index contributed by atoms with van der Waals surface area (Å²) < 4.78 is 0. The molecule has 0 amide bonds. The molecule has 1 unspecified atom stereocenters. The second-order valence-corrected chi connectivity index (χ2v) is 6.72. The molecule has 0 saturated carbocycles. The molecule has 0 bridgehead atoms. The summed E-state index contributed by atoms with van der Waals surface area (Å²) in [4.78, 5) is 0. The molecule has 1 aliphatic heterocycles. The van der Waals surface area contributed by atoms with E-state index in [0.29, 0.717) is 11.7 Å². The maximum Gasteiger partial charge on any atom is 0.155 e. The van der Waals surface area contributed by atoms with E-state index in [-0.39, 0.29) is 0 Å². The lowest BCUT2D eigenvalue weighted by Gasteiger charge is -2.21. The molecule has 1 atom stereocenters. The molecule has 1 rings (SSSR count). The summed E-state index contributed by atoms with van der Waals surface area (Å²) in [5.74, 6) is 9.25. The van der Waals surface area contributed by atoms with Gasteiger partial charge in [0.1, 0.15) is 0 Å². The Bertz CT molecular complexity index is 737. The fraction of sp³-hybridized carbons (Fsp3) is 0.308. The molecule has 1 radical (unpaired) electrons. The van der Waals surface area contributed by atoms with Crippen molar-refractivity contribution in [1.82, 2.24) is 0 Å². The van der Waals surface area contributed by atoms with Gasteiger partial charge in [-0.05, 0) is 42.3 Å². The number of rotatable bonds is 10. The predicted octanol–water partition coefficient (Wildman–Crippen LogP) is 7.12. The van der Waals surface area contributed by atoms with Gasteiger partial charge in [-0.2, -0.15) is 0 Å². The average molecular weight is 355 g/mol. The number of hydrogen-bond donors (Lipinski definition) is 0. The average Bonchev–Trinajstić information content (AvgIpc) is 2.60. The van der Waals surface area contributed by atoms with Crippen molar-refractivity contribution in [3.05, 3.63) is 96.1 Å². The van der Waals surface area contributed by atoms with E-state index >= 15 is 0 Å². The Morgan fingerprint density at radius 3 is 2.52 bits per heavy atom. The summed E-state index contributed by atoms with van der Waals surface area (Å²) in [6.45, 7) is 12.5. The van der Waals surface area contributed by atoms with Crippen molar-refractivity contribution in [2.75, 3.05) is 0 Å². The molecule has 27 heavy (non-hydrogen) atoms. The van der Waals surface area contributed by atoms with Crippen LogP contribution in [0.15, 0.2) is 96.1 Å². The molecule has 0 N–H and O–H groups in total. The zero-order chi connectivity index (χ0) is 19.9. The van der Waals surface area contributed by atoms with Crippen LogP contribution in [0.3, 0.4) is 0 Å². The molecule has 0 saturated heterocycles. The molecule has 1 heteroatoms. The first-order valence-corrected chi connectivity index (χ1v) is 9.83. The van der Waals surface area contributed by atoms with E-state index in [1.807, 2.05) is 13.0 Å². The summed E-state index contributed by atoms with van der Waals surface area (Å²) in [5, 5.41) is 0. The SMILES string of the molecule is C=C/C(=C(/C=C/C=C\C(C)C)C(\C#CC)=C\C=C/C=C/CCC)C1[B]C=C1. The summed E-state index contributed by atoms with van der Waals surface area (Å²) in [7, 11) is 2.19. The van der Waals surface area contributed by atoms with Gasteiger partial charge in [-0.1, -0.05) is 100 Å². The standard InChI is InChI=1S/C26H32B/c1-6-9-10-11-12-13-18-23(16-7-2)25(19-15-14-17-22(4)5)24(8-3)26-20-21-27-26/h8,10-15,17-22,26H,3,6,9H2,1-2,4-5H3/b11-10+,13-12-,17-14-,19-15+,23-18+,25-24+. The molecule has 1 aliphatic rings. The lowest BCUT2D eigenvalue weighted by molar-refractivity contribution is 0.832. The van der Waals surface area contributed by atoms with Gasteiger partial charge < -0.3 is 0 Å². The highest BCUT2D eigenvalue weighted by molar-refractivity contribution is 6.50. The van der Waals surface area contributed by atoms with E-state index in [4.69, 9.17) is 0 Å². The molecule has 0 fully saturated rings. The number of unbranched alkanes of at least 4 members (excludes halogenated alkanes) is 1. The van der Waals surface area contributed by atoms with E-state index in [0.717, 1.165) is 17.6 Å². The van der Waals surface area contributed by atoms with Gasteiger partial charge in [-0.25, -0.2) is 0 Å². The fourth-order valence-corrected chi connectivity index (χ4v) is 2.53. The molecule has 0 aromatic rings. The minimum atomic E-state index is 0.312. The Morgan fingerprint density at radius 2 is 1.96 bits per heavy atom. The van der Waals surface area contributed by atoms with E-state index in [2.05, 4.69) is 113 Å². The monoisotopic (exact) mass is 355 g/mol. The summed E-state index contributed by atoms with van der Waals surface area (Å²) in [6, 6.07) is 0. The van der Waals surface area contributed by atoms with Gasteiger partial charge in [-0.15, -0.1) is 11.9 Å². The molecule has 139 valence electrons. The normalized spacial score (nSPS) is 18.1. The largest absolute Gasteiger partial charge is 0.155 e. The van der Waals surface area contributed by atoms with Crippen LogP contribution >= 0.6 is 0 Å². The van der Waals surface area contributed by atoms with Gasteiger partial charge in [0.15, 0.2) is 7.28 Å². The first kappa shape index (κ1) is 22.6. The predicted molar refractivity (Wildman–Crippen MR) is 124 cm³/mol. The zero-order valence-corrected chi connectivity index (χ0v) is 17.3. The van der Waals surface area contributed by atoms with Crippen molar-refractivity contribution < 1.29 is 0 Å². The molecule has 0 spiro atoms. The van der Waals surface area contributed by atoms with Crippen LogP contribution in [-0.2, 0) is 0 Å². The smallest absolute Gasteiger partial charge is 0.125 e. The summed E-state index contributed by atoms with van der Waals surface area (Å²) in [6.07, 6.45) is 25.4. The maximum atomic E-state index is 4.05. The molecule has 0 aliphatic carbocycles. The van der Waals surface area contributed by atoms with Crippen LogP contribution in [0, 0.1) is 17.8 Å². The summed E-state index contributed by atoms with van der Waals surface area (Å²) >= 11 is 0. The quantitative estimate of drug-likeness (QED) is 0.222. The van der Waals surface area contributed by atoms with E-state index < -0.39 is 0 Å². The Morgan fingerprint density at radius 1 is 1.19 bits per heavy atom. The second-order valence-electron chi connectivity index (χ2n) is 6.72.